The van der Waals surface area contributed by atoms with Gasteiger partial charge in [0.15, 0.2) is 5.88 Å². The summed E-state index contributed by atoms with van der Waals surface area (Å²) in [5, 5.41) is 11.9. The van der Waals surface area contributed by atoms with E-state index in [2.05, 4.69) is 16.4 Å². The van der Waals surface area contributed by atoms with Gasteiger partial charge in [-0.3, -0.25) is 14.6 Å². The zero-order chi connectivity index (χ0) is 15.5. The maximum atomic E-state index is 12.5. The molecule has 5 nitrogen and oxygen atoms in total. The van der Waals surface area contributed by atoms with Crippen LogP contribution in [0.1, 0.15) is 26.9 Å². The van der Waals surface area contributed by atoms with E-state index in [1.165, 1.54) is 17.0 Å². The van der Waals surface area contributed by atoms with Crippen LogP contribution in [0.4, 0.5) is 0 Å². The maximum absolute atomic E-state index is 12.5. The fraction of sp³-hybridized carbons (Fsp3) is 0.333. The number of aromatic hydroxyl groups is 1. The predicted octanol–water partition coefficient (Wildman–Crippen LogP) is 2.46. The first-order valence-corrected chi connectivity index (χ1v) is 8.94. The van der Waals surface area contributed by atoms with Gasteiger partial charge in [0.1, 0.15) is 0 Å². The number of rotatable bonds is 2. The van der Waals surface area contributed by atoms with E-state index in [0.717, 1.165) is 12.2 Å². The highest BCUT2D eigenvalue weighted by atomic mass is 32.2. The van der Waals surface area contributed by atoms with Crippen molar-refractivity contribution in [2.75, 3.05) is 18.8 Å². The monoisotopic (exact) mass is 336 g/mol. The Morgan fingerprint density at radius 2 is 2.23 bits per heavy atom. The Kier molecular flexibility index (Phi) is 4.54. The van der Waals surface area contributed by atoms with Crippen LogP contribution in [0.3, 0.4) is 0 Å². The van der Waals surface area contributed by atoms with Crippen LogP contribution < -0.4 is 5.56 Å². The standard InChI is InChI=1S/C15H16N2O3S2/c18-13-8-10(9-14(19)16-13)15(20)17-4-3-12(22-7-5-17)11-2-1-6-21-11/h1-2,6,8-9,12H,3-5,7H2,(H2,16,18,19). The van der Waals surface area contributed by atoms with Crippen LogP contribution in [0.25, 0.3) is 0 Å². The lowest BCUT2D eigenvalue weighted by Crippen LogP contribution is -2.33. The van der Waals surface area contributed by atoms with Crippen LogP contribution >= 0.6 is 23.1 Å². The predicted molar refractivity (Wildman–Crippen MR) is 88.8 cm³/mol. The molecule has 0 radical (unpaired) electrons. The number of carbonyl (C=O) groups excluding carboxylic acids is 1. The lowest BCUT2D eigenvalue weighted by Gasteiger charge is -2.20. The Balaban J connectivity index is 1.72. The van der Waals surface area contributed by atoms with Crippen molar-refractivity contribution in [2.45, 2.75) is 11.7 Å². The van der Waals surface area contributed by atoms with Crippen LogP contribution in [0.15, 0.2) is 34.4 Å². The van der Waals surface area contributed by atoms with Crippen LogP contribution in [0, 0.1) is 0 Å². The molecule has 2 N–H and O–H groups in total. The molecular weight excluding hydrogens is 320 g/mol. The van der Waals surface area contributed by atoms with E-state index in [9.17, 15) is 14.7 Å². The number of nitrogens with zero attached hydrogens (tertiary/aromatic N) is 1. The van der Waals surface area contributed by atoms with Crippen molar-refractivity contribution in [1.29, 1.82) is 0 Å². The topological polar surface area (TPSA) is 73.4 Å². The third kappa shape index (κ3) is 3.36. The number of H-pyrrole nitrogens is 1. The van der Waals surface area contributed by atoms with Gasteiger partial charge in [0.2, 0.25) is 0 Å². The number of hydrogen-bond acceptors (Lipinski definition) is 5. The highest BCUT2D eigenvalue weighted by Gasteiger charge is 2.23. The molecule has 0 bridgehead atoms. The summed E-state index contributed by atoms with van der Waals surface area (Å²) in [6, 6.07) is 6.72. The molecule has 3 heterocycles. The van der Waals surface area contributed by atoms with Gasteiger partial charge in [-0.25, -0.2) is 0 Å². The first kappa shape index (κ1) is 15.2. The Morgan fingerprint density at radius 1 is 1.36 bits per heavy atom. The normalized spacial score (nSPS) is 18.9. The number of pyridine rings is 1. The first-order chi connectivity index (χ1) is 10.6. The summed E-state index contributed by atoms with van der Waals surface area (Å²) in [5.74, 6) is 0.383. The molecule has 1 aliphatic rings. The van der Waals surface area contributed by atoms with Crippen molar-refractivity contribution < 1.29 is 9.90 Å². The van der Waals surface area contributed by atoms with E-state index in [1.807, 2.05) is 17.8 Å². The van der Waals surface area contributed by atoms with E-state index in [4.69, 9.17) is 0 Å². The van der Waals surface area contributed by atoms with Gasteiger partial charge in [-0.1, -0.05) is 6.07 Å². The minimum Gasteiger partial charge on any atom is -0.494 e. The molecule has 1 unspecified atom stereocenters. The quantitative estimate of drug-likeness (QED) is 0.883. The summed E-state index contributed by atoms with van der Waals surface area (Å²) < 4.78 is 0. The molecule has 3 rings (SSSR count). The van der Waals surface area contributed by atoms with Gasteiger partial charge in [-0.2, -0.15) is 11.8 Å². The molecule has 1 atom stereocenters. The van der Waals surface area contributed by atoms with Crippen molar-refractivity contribution in [3.05, 3.63) is 50.4 Å². The molecule has 0 spiro atoms. The molecule has 1 aliphatic heterocycles. The van der Waals surface area contributed by atoms with Crippen LogP contribution in [-0.4, -0.2) is 39.7 Å². The minimum absolute atomic E-state index is 0.200. The number of hydrogen-bond donors (Lipinski definition) is 2. The SMILES string of the molecule is O=C(c1cc(O)[nH]c(=O)c1)N1CCSC(c2cccs2)CC1. The lowest BCUT2D eigenvalue weighted by atomic mass is 10.2. The van der Waals surface area contributed by atoms with Crippen molar-refractivity contribution in [3.8, 4) is 5.88 Å². The van der Waals surface area contributed by atoms with Gasteiger partial charge in [-0.05, 0) is 17.9 Å². The fourth-order valence-corrected chi connectivity index (χ4v) is 4.75. The second-order valence-corrected chi connectivity index (χ2v) is 7.36. The number of aromatic amines is 1. The van der Waals surface area contributed by atoms with Crippen molar-refractivity contribution in [2.24, 2.45) is 0 Å². The molecule has 0 aromatic carbocycles. The summed E-state index contributed by atoms with van der Waals surface area (Å²) in [6.07, 6.45) is 0.895. The summed E-state index contributed by atoms with van der Waals surface area (Å²) in [7, 11) is 0. The van der Waals surface area contributed by atoms with E-state index in [1.54, 1.807) is 16.2 Å². The minimum atomic E-state index is -0.469. The molecule has 1 fully saturated rings. The summed E-state index contributed by atoms with van der Waals surface area (Å²) in [5.41, 5.74) is -0.232. The van der Waals surface area contributed by atoms with Gasteiger partial charge in [0.05, 0.1) is 5.56 Å². The number of amides is 1. The van der Waals surface area contributed by atoms with E-state index < -0.39 is 5.56 Å². The number of nitrogens with one attached hydrogen (secondary N) is 1. The molecule has 2 aromatic rings. The maximum Gasteiger partial charge on any atom is 0.254 e. The van der Waals surface area contributed by atoms with Gasteiger partial charge >= 0.3 is 0 Å². The Labute approximate surface area is 136 Å². The molecule has 0 aliphatic carbocycles. The zero-order valence-corrected chi connectivity index (χ0v) is 13.5. The smallest absolute Gasteiger partial charge is 0.254 e. The molecule has 116 valence electrons. The molecular formula is C15H16N2O3S2. The van der Waals surface area contributed by atoms with Gasteiger partial charge in [0.25, 0.3) is 11.5 Å². The Bertz CT molecular complexity index is 712. The molecule has 22 heavy (non-hydrogen) atoms. The van der Waals surface area contributed by atoms with E-state index >= 15 is 0 Å². The summed E-state index contributed by atoms with van der Waals surface area (Å²) in [6.45, 7) is 1.31. The lowest BCUT2D eigenvalue weighted by molar-refractivity contribution is 0.0766. The Morgan fingerprint density at radius 3 is 2.95 bits per heavy atom. The molecule has 2 aromatic heterocycles. The van der Waals surface area contributed by atoms with Gasteiger partial charge in [-0.15, -0.1) is 11.3 Å². The van der Waals surface area contributed by atoms with Crippen LogP contribution in [0.5, 0.6) is 5.88 Å². The number of thiophene rings is 1. The van der Waals surface area contributed by atoms with Crippen molar-refractivity contribution in [1.82, 2.24) is 9.88 Å². The second kappa shape index (κ2) is 6.58. The van der Waals surface area contributed by atoms with Crippen molar-refractivity contribution in [3.63, 3.8) is 0 Å². The summed E-state index contributed by atoms with van der Waals surface area (Å²) in [4.78, 5) is 29.2. The number of carbonyl (C=O) groups is 1. The zero-order valence-electron chi connectivity index (χ0n) is 11.8. The summed E-state index contributed by atoms with van der Waals surface area (Å²) >= 11 is 3.61. The molecule has 0 saturated carbocycles. The first-order valence-electron chi connectivity index (χ1n) is 7.01. The van der Waals surface area contributed by atoms with Crippen LogP contribution in [0.2, 0.25) is 0 Å². The number of thioether (sulfide) groups is 1. The van der Waals surface area contributed by atoms with Gasteiger partial charge in [0, 0.05) is 41.1 Å². The van der Waals surface area contributed by atoms with Crippen molar-refractivity contribution >= 4 is 29.0 Å². The van der Waals surface area contributed by atoms with E-state index in [0.29, 0.717) is 18.3 Å². The average Bonchev–Trinajstić information content (AvgIpc) is 2.90. The fourth-order valence-electron chi connectivity index (χ4n) is 2.51. The van der Waals surface area contributed by atoms with Gasteiger partial charge < -0.3 is 10.0 Å². The highest BCUT2D eigenvalue weighted by Crippen LogP contribution is 2.36. The molecule has 1 saturated heterocycles. The molecule has 1 amide bonds. The van der Waals surface area contributed by atoms with E-state index in [-0.39, 0.29) is 17.4 Å². The Hall–Kier alpha value is -1.73. The largest absolute Gasteiger partial charge is 0.494 e. The highest BCUT2D eigenvalue weighted by molar-refractivity contribution is 7.99. The third-order valence-corrected chi connectivity index (χ3v) is 6.01. The third-order valence-electron chi connectivity index (χ3n) is 3.57. The average molecular weight is 336 g/mol. The van der Waals surface area contributed by atoms with Crippen LogP contribution in [-0.2, 0) is 0 Å². The number of aromatic nitrogens is 1. The molecule has 7 heteroatoms. The second-order valence-electron chi connectivity index (χ2n) is 5.07.